The van der Waals surface area contributed by atoms with Crippen molar-refractivity contribution in [1.29, 1.82) is 0 Å². The van der Waals surface area contributed by atoms with Gasteiger partial charge in [-0.05, 0) is 48.2 Å². The molecule has 0 spiro atoms. The van der Waals surface area contributed by atoms with Gasteiger partial charge in [0.25, 0.3) is 0 Å². The first kappa shape index (κ1) is 20.0. The topological polar surface area (TPSA) is 74.7 Å². The van der Waals surface area contributed by atoms with E-state index in [1.807, 2.05) is 26.2 Å². The molecular formula is C21H20FN5O2S. The Morgan fingerprint density at radius 2 is 1.93 bits per heavy atom. The second-order valence-electron chi connectivity index (χ2n) is 7.11. The number of ketones is 1. The third kappa shape index (κ3) is 4.16. The smallest absolute Gasteiger partial charge is 0.293 e. The summed E-state index contributed by atoms with van der Waals surface area (Å²) in [5.74, 6) is -0.286. The van der Waals surface area contributed by atoms with Crippen molar-refractivity contribution < 1.29 is 9.18 Å². The highest BCUT2D eigenvalue weighted by molar-refractivity contribution is 7.16. The molecule has 0 atom stereocenters. The van der Waals surface area contributed by atoms with Gasteiger partial charge in [-0.15, -0.1) is 11.3 Å². The van der Waals surface area contributed by atoms with Gasteiger partial charge in [-0.25, -0.2) is 18.4 Å². The Kier molecular flexibility index (Phi) is 5.45. The summed E-state index contributed by atoms with van der Waals surface area (Å²) in [6.07, 6.45) is 6.10. The molecule has 9 heteroatoms. The van der Waals surface area contributed by atoms with E-state index in [4.69, 9.17) is 0 Å². The highest BCUT2D eigenvalue weighted by atomic mass is 32.1. The predicted molar refractivity (Wildman–Crippen MR) is 112 cm³/mol. The minimum Gasteiger partial charge on any atom is -0.293 e. The van der Waals surface area contributed by atoms with E-state index in [0.717, 1.165) is 16.7 Å². The number of hydrogen-bond acceptors (Lipinski definition) is 5. The van der Waals surface area contributed by atoms with Gasteiger partial charge in [-0.3, -0.25) is 9.48 Å². The number of rotatable bonds is 7. The maximum atomic E-state index is 13.1. The van der Waals surface area contributed by atoms with E-state index in [1.165, 1.54) is 39.0 Å². The molecule has 0 saturated carbocycles. The number of benzene rings is 1. The first-order valence-electron chi connectivity index (χ1n) is 9.41. The summed E-state index contributed by atoms with van der Waals surface area (Å²) in [6.45, 7) is 2.11. The number of thiophene rings is 1. The van der Waals surface area contributed by atoms with Gasteiger partial charge in [0.1, 0.15) is 17.1 Å². The summed E-state index contributed by atoms with van der Waals surface area (Å²) in [7, 11) is 1.84. The van der Waals surface area contributed by atoms with Crippen LogP contribution in [0.4, 0.5) is 4.39 Å². The van der Waals surface area contributed by atoms with Crippen molar-refractivity contribution in [3.63, 3.8) is 0 Å². The van der Waals surface area contributed by atoms with Crippen molar-refractivity contribution in [3.05, 3.63) is 86.9 Å². The molecule has 0 N–H and O–H groups in total. The van der Waals surface area contributed by atoms with Crippen molar-refractivity contribution in [3.8, 4) is 5.00 Å². The van der Waals surface area contributed by atoms with Gasteiger partial charge in [0, 0.05) is 19.7 Å². The summed E-state index contributed by atoms with van der Waals surface area (Å²) in [5, 5.41) is 8.92. The molecule has 1 aromatic carbocycles. The van der Waals surface area contributed by atoms with Crippen LogP contribution in [0.3, 0.4) is 0 Å². The van der Waals surface area contributed by atoms with Gasteiger partial charge in [0.15, 0.2) is 5.78 Å². The lowest BCUT2D eigenvalue weighted by Crippen LogP contribution is -2.23. The molecule has 0 bridgehead atoms. The van der Waals surface area contributed by atoms with E-state index in [1.54, 1.807) is 23.0 Å². The summed E-state index contributed by atoms with van der Waals surface area (Å²) in [4.78, 5) is 26.1. The van der Waals surface area contributed by atoms with E-state index in [9.17, 15) is 14.0 Å². The monoisotopic (exact) mass is 425 g/mol. The Morgan fingerprint density at radius 3 is 2.63 bits per heavy atom. The standard InChI is InChI=1S/C21H20FN5O2S/c1-14-9-19(30-20(14)18(28)8-5-16-10-23-25(2)11-16)26-13-24-27(21(26)29)12-15-3-6-17(22)7-4-15/h3-4,6-7,9-11,13H,5,8,12H2,1-2H3. The van der Waals surface area contributed by atoms with Crippen LogP contribution in [0.5, 0.6) is 0 Å². The summed E-state index contributed by atoms with van der Waals surface area (Å²) in [6, 6.07) is 7.77. The minimum atomic E-state index is -0.327. The van der Waals surface area contributed by atoms with Crippen LogP contribution in [0, 0.1) is 12.7 Å². The molecule has 0 fully saturated rings. The van der Waals surface area contributed by atoms with Crippen molar-refractivity contribution in [2.45, 2.75) is 26.3 Å². The SMILES string of the molecule is Cc1cc(-n2cnn(Cc3ccc(F)cc3)c2=O)sc1C(=O)CCc1cnn(C)c1. The quantitative estimate of drug-likeness (QED) is 0.427. The van der Waals surface area contributed by atoms with Crippen LogP contribution in [-0.4, -0.2) is 29.9 Å². The Labute approximate surface area is 176 Å². The fourth-order valence-corrected chi connectivity index (χ4v) is 4.30. The summed E-state index contributed by atoms with van der Waals surface area (Å²) < 4.78 is 17.5. The van der Waals surface area contributed by atoms with Crippen LogP contribution in [-0.2, 0) is 20.0 Å². The molecule has 0 aliphatic heterocycles. The van der Waals surface area contributed by atoms with Crippen LogP contribution in [0.25, 0.3) is 5.00 Å². The molecular weight excluding hydrogens is 405 g/mol. The molecule has 4 rings (SSSR count). The maximum Gasteiger partial charge on any atom is 0.351 e. The van der Waals surface area contributed by atoms with E-state index in [-0.39, 0.29) is 23.8 Å². The highest BCUT2D eigenvalue weighted by Gasteiger charge is 2.17. The van der Waals surface area contributed by atoms with E-state index in [0.29, 0.717) is 22.7 Å². The van der Waals surface area contributed by atoms with Crippen LogP contribution in [0.15, 0.2) is 53.8 Å². The number of aryl methyl sites for hydroxylation is 3. The van der Waals surface area contributed by atoms with E-state index >= 15 is 0 Å². The molecule has 3 aromatic heterocycles. The van der Waals surface area contributed by atoms with Gasteiger partial charge in [0.05, 0.1) is 17.6 Å². The molecule has 4 aromatic rings. The number of nitrogens with zero attached hydrogens (tertiary/aromatic N) is 5. The van der Waals surface area contributed by atoms with Crippen molar-refractivity contribution >= 4 is 17.1 Å². The maximum absolute atomic E-state index is 13.1. The molecule has 154 valence electrons. The Morgan fingerprint density at radius 1 is 1.17 bits per heavy atom. The molecule has 0 aliphatic rings. The fourth-order valence-electron chi connectivity index (χ4n) is 3.19. The van der Waals surface area contributed by atoms with Gasteiger partial charge in [-0.1, -0.05) is 12.1 Å². The molecule has 0 saturated heterocycles. The average molecular weight is 425 g/mol. The molecule has 7 nitrogen and oxygen atoms in total. The number of halogens is 1. The number of hydrogen-bond donors (Lipinski definition) is 0. The Hall–Kier alpha value is -3.33. The lowest BCUT2D eigenvalue weighted by Gasteiger charge is -2.00. The van der Waals surface area contributed by atoms with Gasteiger partial charge in [-0.2, -0.15) is 10.2 Å². The van der Waals surface area contributed by atoms with E-state index in [2.05, 4.69) is 10.2 Å². The number of carbonyl (C=O) groups is 1. The third-order valence-electron chi connectivity index (χ3n) is 4.77. The van der Waals surface area contributed by atoms with E-state index < -0.39 is 0 Å². The van der Waals surface area contributed by atoms with Crippen molar-refractivity contribution in [2.24, 2.45) is 7.05 Å². The van der Waals surface area contributed by atoms with Crippen LogP contribution >= 0.6 is 11.3 Å². The number of aromatic nitrogens is 5. The normalized spacial score (nSPS) is 11.2. The van der Waals surface area contributed by atoms with Crippen LogP contribution in [0.1, 0.15) is 32.8 Å². The Balaban J connectivity index is 1.51. The largest absolute Gasteiger partial charge is 0.351 e. The van der Waals surface area contributed by atoms with Crippen LogP contribution in [0.2, 0.25) is 0 Å². The lowest BCUT2D eigenvalue weighted by atomic mass is 10.1. The molecule has 0 amide bonds. The molecule has 0 unspecified atom stereocenters. The summed E-state index contributed by atoms with van der Waals surface area (Å²) in [5.41, 5.74) is 2.32. The number of carbonyl (C=O) groups excluding carboxylic acids is 1. The predicted octanol–water partition coefficient (Wildman–Crippen LogP) is 3.14. The molecule has 0 radical (unpaired) electrons. The average Bonchev–Trinajstić information content (AvgIpc) is 3.41. The molecule has 30 heavy (non-hydrogen) atoms. The minimum absolute atomic E-state index is 0.0411. The molecule has 3 heterocycles. The van der Waals surface area contributed by atoms with Crippen LogP contribution < -0.4 is 5.69 Å². The second-order valence-corrected chi connectivity index (χ2v) is 8.14. The summed E-state index contributed by atoms with van der Waals surface area (Å²) >= 11 is 1.29. The zero-order chi connectivity index (χ0) is 21.3. The third-order valence-corrected chi connectivity index (χ3v) is 6.05. The second kappa shape index (κ2) is 8.19. The van der Waals surface area contributed by atoms with Crippen molar-refractivity contribution in [2.75, 3.05) is 0 Å². The zero-order valence-corrected chi connectivity index (χ0v) is 17.4. The van der Waals surface area contributed by atoms with Gasteiger partial charge in [0.2, 0.25) is 0 Å². The zero-order valence-electron chi connectivity index (χ0n) is 16.6. The fraction of sp³-hybridized carbons (Fsp3) is 0.238. The lowest BCUT2D eigenvalue weighted by molar-refractivity contribution is 0.0986. The number of Topliss-reactive ketones (excluding diaryl/α,β-unsaturated/α-hetero) is 1. The first-order valence-corrected chi connectivity index (χ1v) is 10.2. The first-order chi connectivity index (χ1) is 14.4. The van der Waals surface area contributed by atoms with Gasteiger partial charge >= 0.3 is 5.69 Å². The van der Waals surface area contributed by atoms with Crippen molar-refractivity contribution in [1.82, 2.24) is 24.1 Å². The molecule has 0 aliphatic carbocycles. The highest BCUT2D eigenvalue weighted by Crippen LogP contribution is 2.26. The van der Waals surface area contributed by atoms with Gasteiger partial charge < -0.3 is 0 Å². The Bertz CT molecular complexity index is 1250.